The van der Waals surface area contributed by atoms with Gasteiger partial charge in [0.05, 0.1) is 11.6 Å². The molecule has 0 saturated carbocycles. The van der Waals surface area contributed by atoms with E-state index in [1.807, 2.05) is 23.0 Å². The molecule has 2 N–H and O–H groups in total. The minimum atomic E-state index is -1.38. The Morgan fingerprint density at radius 2 is 2.07 bits per heavy atom. The number of alkyl halides is 1. The third-order valence-electron chi connectivity index (χ3n) is 6.60. The fourth-order valence-electron chi connectivity index (χ4n) is 4.65. The fraction of sp³-hybridized carbons (Fsp3) is 0.652. The number of aromatic nitrogens is 2. The maximum absolute atomic E-state index is 16.0. The number of fused-ring (bicyclic) bond motifs is 1. The van der Waals surface area contributed by atoms with Gasteiger partial charge in [0.1, 0.15) is 11.2 Å². The SMILES string of the molecule is CC(C)n1cc2cccc(C(=O)NC(CC3CCOCC3)C3(F)CCNCC3)c2n1. The van der Waals surface area contributed by atoms with Crippen LogP contribution in [0.1, 0.15) is 62.4 Å². The molecule has 2 aromatic rings. The molecule has 0 aliphatic carbocycles. The van der Waals surface area contributed by atoms with E-state index in [2.05, 4.69) is 29.6 Å². The van der Waals surface area contributed by atoms with E-state index < -0.39 is 11.7 Å². The smallest absolute Gasteiger partial charge is 0.253 e. The Bertz CT molecular complexity index is 869. The highest BCUT2D eigenvalue weighted by molar-refractivity contribution is 6.05. The average molecular weight is 417 g/mol. The second-order valence-electron chi connectivity index (χ2n) is 9.05. The lowest BCUT2D eigenvalue weighted by atomic mass is 9.80. The minimum Gasteiger partial charge on any atom is -0.381 e. The molecule has 1 amide bonds. The fourth-order valence-corrected chi connectivity index (χ4v) is 4.65. The molecule has 3 heterocycles. The van der Waals surface area contributed by atoms with Gasteiger partial charge in [-0.1, -0.05) is 12.1 Å². The van der Waals surface area contributed by atoms with Crippen molar-refractivity contribution in [2.75, 3.05) is 26.3 Å². The molecule has 1 atom stereocenters. The summed E-state index contributed by atoms with van der Waals surface area (Å²) in [7, 11) is 0. The lowest BCUT2D eigenvalue weighted by Gasteiger charge is -2.39. The summed E-state index contributed by atoms with van der Waals surface area (Å²) in [5.74, 6) is 0.143. The molecule has 0 spiro atoms. The summed E-state index contributed by atoms with van der Waals surface area (Å²) in [6.45, 7) is 6.84. The number of hydrogen-bond donors (Lipinski definition) is 2. The van der Waals surface area contributed by atoms with Crippen LogP contribution in [0.2, 0.25) is 0 Å². The van der Waals surface area contributed by atoms with E-state index in [4.69, 9.17) is 4.74 Å². The van der Waals surface area contributed by atoms with E-state index in [1.165, 1.54) is 0 Å². The maximum atomic E-state index is 16.0. The van der Waals surface area contributed by atoms with Gasteiger partial charge in [-0.05, 0) is 71.0 Å². The number of carbonyl (C=O) groups is 1. The number of nitrogens with one attached hydrogen (secondary N) is 2. The zero-order valence-electron chi connectivity index (χ0n) is 18.0. The number of benzene rings is 1. The van der Waals surface area contributed by atoms with Crippen molar-refractivity contribution in [3.05, 3.63) is 30.0 Å². The Morgan fingerprint density at radius 1 is 1.33 bits per heavy atom. The van der Waals surface area contributed by atoms with Gasteiger partial charge in [-0.3, -0.25) is 9.48 Å². The number of amides is 1. The highest BCUT2D eigenvalue weighted by Crippen LogP contribution is 2.33. The molecule has 1 aromatic carbocycles. The molecule has 30 heavy (non-hydrogen) atoms. The molecule has 6 nitrogen and oxygen atoms in total. The van der Waals surface area contributed by atoms with E-state index in [1.54, 1.807) is 6.07 Å². The summed E-state index contributed by atoms with van der Waals surface area (Å²) in [5.41, 5.74) is -0.196. The monoisotopic (exact) mass is 416 g/mol. The molecule has 2 saturated heterocycles. The number of piperidine rings is 1. The van der Waals surface area contributed by atoms with Crippen LogP contribution < -0.4 is 10.6 Å². The number of nitrogens with zero attached hydrogens (tertiary/aromatic N) is 2. The van der Waals surface area contributed by atoms with E-state index in [0.29, 0.717) is 49.4 Å². The van der Waals surface area contributed by atoms with E-state index in [9.17, 15) is 4.79 Å². The first-order chi connectivity index (χ1) is 14.5. The molecule has 7 heteroatoms. The highest BCUT2D eigenvalue weighted by atomic mass is 19.1. The van der Waals surface area contributed by atoms with Crippen molar-refractivity contribution >= 4 is 16.8 Å². The second kappa shape index (κ2) is 9.02. The number of hydrogen-bond acceptors (Lipinski definition) is 4. The molecule has 0 bridgehead atoms. The summed E-state index contributed by atoms with van der Waals surface area (Å²) in [6, 6.07) is 5.32. The standard InChI is InChI=1S/C23H33FN4O2/c1-16(2)28-15-18-4-3-5-19(21(18)27-28)22(29)26-20(14-17-6-12-30-13-7-17)23(24)8-10-25-11-9-23/h3-5,15-17,20,25H,6-14H2,1-2H3,(H,26,29). The van der Waals surface area contributed by atoms with Gasteiger partial charge in [-0.25, -0.2) is 4.39 Å². The largest absolute Gasteiger partial charge is 0.381 e. The zero-order valence-corrected chi connectivity index (χ0v) is 18.0. The normalized spacial score (nSPS) is 21.1. The van der Waals surface area contributed by atoms with Crippen LogP contribution in [-0.2, 0) is 4.74 Å². The van der Waals surface area contributed by atoms with Gasteiger partial charge < -0.3 is 15.4 Å². The van der Waals surface area contributed by atoms with Crippen LogP contribution >= 0.6 is 0 Å². The molecule has 2 aliphatic heterocycles. The molecule has 4 rings (SSSR count). The van der Waals surface area contributed by atoms with Crippen LogP contribution in [0.3, 0.4) is 0 Å². The van der Waals surface area contributed by atoms with Crippen molar-refractivity contribution in [1.82, 2.24) is 20.4 Å². The predicted molar refractivity (Wildman–Crippen MR) is 115 cm³/mol. The summed E-state index contributed by atoms with van der Waals surface area (Å²) < 4.78 is 23.3. The predicted octanol–water partition coefficient (Wildman–Crippen LogP) is 3.62. The van der Waals surface area contributed by atoms with Crippen molar-refractivity contribution in [2.45, 2.75) is 63.7 Å². The van der Waals surface area contributed by atoms with Crippen molar-refractivity contribution in [3.8, 4) is 0 Å². The summed E-state index contributed by atoms with van der Waals surface area (Å²) in [5, 5.41) is 11.9. The van der Waals surface area contributed by atoms with Gasteiger partial charge in [0, 0.05) is 30.8 Å². The molecule has 1 aromatic heterocycles. The molecular weight excluding hydrogens is 383 g/mol. The Hall–Kier alpha value is -1.99. The number of carbonyl (C=O) groups excluding carboxylic acids is 1. The zero-order chi connectivity index (χ0) is 21.1. The van der Waals surface area contributed by atoms with Gasteiger partial charge >= 0.3 is 0 Å². The van der Waals surface area contributed by atoms with Crippen molar-refractivity contribution in [1.29, 1.82) is 0 Å². The van der Waals surface area contributed by atoms with Gasteiger partial charge in [-0.2, -0.15) is 5.10 Å². The van der Waals surface area contributed by atoms with Crippen molar-refractivity contribution in [3.63, 3.8) is 0 Å². The first-order valence-electron chi connectivity index (χ1n) is 11.2. The highest BCUT2D eigenvalue weighted by Gasteiger charge is 2.42. The lowest BCUT2D eigenvalue weighted by molar-refractivity contribution is 0.0259. The van der Waals surface area contributed by atoms with Crippen molar-refractivity contribution in [2.24, 2.45) is 5.92 Å². The van der Waals surface area contributed by atoms with E-state index in [-0.39, 0.29) is 11.9 Å². The third-order valence-corrected chi connectivity index (χ3v) is 6.60. The Labute approximate surface area is 177 Å². The molecule has 1 unspecified atom stereocenters. The van der Waals surface area contributed by atoms with Crippen LogP contribution in [0.25, 0.3) is 10.9 Å². The lowest BCUT2D eigenvalue weighted by Crippen LogP contribution is -2.55. The van der Waals surface area contributed by atoms with Gasteiger partial charge in [0.2, 0.25) is 0 Å². The molecule has 0 radical (unpaired) electrons. The van der Waals surface area contributed by atoms with Gasteiger partial charge in [0.25, 0.3) is 5.91 Å². The van der Waals surface area contributed by atoms with Crippen molar-refractivity contribution < 1.29 is 13.9 Å². The minimum absolute atomic E-state index is 0.207. The van der Waals surface area contributed by atoms with E-state index in [0.717, 1.165) is 31.4 Å². The molecular formula is C23H33FN4O2. The number of ether oxygens (including phenoxy) is 1. The van der Waals surface area contributed by atoms with Crippen LogP contribution in [0.15, 0.2) is 24.4 Å². The van der Waals surface area contributed by atoms with Crippen LogP contribution in [0, 0.1) is 5.92 Å². The Balaban J connectivity index is 1.58. The van der Waals surface area contributed by atoms with Crippen LogP contribution in [0.4, 0.5) is 4.39 Å². The first kappa shape index (κ1) is 21.2. The topological polar surface area (TPSA) is 68.2 Å². The number of rotatable bonds is 6. The van der Waals surface area contributed by atoms with E-state index >= 15 is 4.39 Å². The molecule has 164 valence electrons. The molecule has 2 aliphatic rings. The third kappa shape index (κ3) is 4.52. The first-order valence-corrected chi connectivity index (χ1v) is 11.2. The molecule has 2 fully saturated rings. The Morgan fingerprint density at radius 3 is 2.77 bits per heavy atom. The summed E-state index contributed by atoms with van der Waals surface area (Å²) >= 11 is 0. The quantitative estimate of drug-likeness (QED) is 0.755. The number of halogens is 1. The maximum Gasteiger partial charge on any atom is 0.253 e. The Kier molecular flexibility index (Phi) is 6.39. The van der Waals surface area contributed by atoms with Crippen LogP contribution in [-0.4, -0.2) is 53.7 Å². The summed E-state index contributed by atoms with van der Waals surface area (Å²) in [6.07, 6.45) is 5.31. The summed E-state index contributed by atoms with van der Waals surface area (Å²) in [4.78, 5) is 13.3. The van der Waals surface area contributed by atoms with Gasteiger partial charge in [-0.15, -0.1) is 0 Å². The van der Waals surface area contributed by atoms with Crippen LogP contribution in [0.5, 0.6) is 0 Å². The second-order valence-corrected chi connectivity index (χ2v) is 9.05. The average Bonchev–Trinajstić information content (AvgIpc) is 3.19. The van der Waals surface area contributed by atoms with Gasteiger partial charge in [0.15, 0.2) is 0 Å².